The van der Waals surface area contributed by atoms with Gasteiger partial charge < -0.3 is 9.64 Å². The predicted octanol–water partition coefficient (Wildman–Crippen LogP) is 5.21. The van der Waals surface area contributed by atoms with Crippen LogP contribution in [0.5, 0.6) is 0 Å². The molecule has 3 heterocycles. The van der Waals surface area contributed by atoms with Gasteiger partial charge in [0.2, 0.25) is 0 Å². The number of fused-ring (bicyclic) bond motifs is 1. The first-order valence-electron chi connectivity index (χ1n) is 11.6. The largest absolute Gasteiger partial charge is 0.378 e. The molecule has 5 rings (SSSR count). The molecule has 174 valence electrons. The van der Waals surface area contributed by atoms with Gasteiger partial charge in [-0.05, 0) is 43.0 Å². The van der Waals surface area contributed by atoms with Crippen molar-refractivity contribution in [2.24, 2.45) is 0 Å². The molecule has 0 N–H and O–H groups in total. The van der Waals surface area contributed by atoms with Crippen LogP contribution in [0.25, 0.3) is 17.0 Å². The molecule has 1 aromatic heterocycles. The Bertz CT molecular complexity index is 1250. The lowest BCUT2D eigenvalue weighted by Crippen LogP contribution is -2.37. The van der Waals surface area contributed by atoms with Crippen LogP contribution < -0.4 is 4.90 Å². The fourth-order valence-corrected chi connectivity index (χ4v) is 5.71. The first-order chi connectivity index (χ1) is 16.6. The van der Waals surface area contributed by atoms with E-state index < -0.39 is 0 Å². The number of pyridine rings is 1. The van der Waals surface area contributed by atoms with Crippen molar-refractivity contribution in [2.45, 2.75) is 19.8 Å². The van der Waals surface area contributed by atoms with Crippen molar-refractivity contribution in [2.75, 3.05) is 37.7 Å². The molecule has 2 aliphatic heterocycles. The first-order valence-corrected chi connectivity index (χ1v) is 12.8. The van der Waals surface area contributed by atoms with Gasteiger partial charge in [0, 0.05) is 30.6 Å². The number of nitrogens with zero attached hydrogens (tertiary/aromatic N) is 3. The Labute approximate surface area is 209 Å². The summed E-state index contributed by atoms with van der Waals surface area (Å²) in [7, 11) is 0. The summed E-state index contributed by atoms with van der Waals surface area (Å²) in [4.78, 5) is 23.0. The molecule has 3 aromatic rings. The van der Waals surface area contributed by atoms with E-state index in [0.717, 1.165) is 53.8 Å². The lowest BCUT2D eigenvalue weighted by Gasteiger charge is -2.29. The number of hydrogen-bond acceptors (Lipinski definition) is 6. The first kappa shape index (κ1) is 23.0. The maximum atomic E-state index is 13.3. The molecule has 2 saturated heterocycles. The van der Waals surface area contributed by atoms with Gasteiger partial charge in [-0.3, -0.25) is 9.69 Å². The summed E-state index contributed by atoms with van der Waals surface area (Å²) >= 11 is 6.96. The molecule has 1 amide bonds. The second-order valence-corrected chi connectivity index (χ2v) is 10.2. The number of anilines is 1. The molecule has 0 aliphatic carbocycles. The Balaban J connectivity index is 1.41. The highest BCUT2D eigenvalue weighted by Crippen LogP contribution is 2.35. The van der Waals surface area contributed by atoms with Gasteiger partial charge >= 0.3 is 0 Å². The van der Waals surface area contributed by atoms with E-state index in [4.69, 9.17) is 21.9 Å². The second kappa shape index (κ2) is 10.3. The van der Waals surface area contributed by atoms with E-state index >= 15 is 0 Å². The van der Waals surface area contributed by atoms with Crippen LogP contribution in [0.1, 0.15) is 23.1 Å². The smallest absolute Gasteiger partial charge is 0.266 e. The minimum Gasteiger partial charge on any atom is -0.378 e. The topological polar surface area (TPSA) is 45.7 Å². The Kier molecular flexibility index (Phi) is 6.94. The summed E-state index contributed by atoms with van der Waals surface area (Å²) < 4.78 is 6.18. The number of para-hydroxylation sites is 1. The number of morpholine rings is 1. The van der Waals surface area contributed by atoms with Gasteiger partial charge in [-0.1, -0.05) is 72.5 Å². The molecular weight excluding hydrogens is 462 g/mol. The molecule has 0 spiro atoms. The third-order valence-electron chi connectivity index (χ3n) is 6.22. The van der Waals surface area contributed by atoms with Gasteiger partial charge in [0.05, 0.1) is 23.6 Å². The average Bonchev–Trinajstić information content (AvgIpc) is 3.12. The normalized spacial score (nSPS) is 17.9. The number of ether oxygens (including phenoxy) is 1. The maximum absolute atomic E-state index is 13.3. The molecule has 34 heavy (non-hydrogen) atoms. The van der Waals surface area contributed by atoms with E-state index in [1.165, 1.54) is 17.3 Å². The quantitative estimate of drug-likeness (QED) is 0.350. The van der Waals surface area contributed by atoms with Crippen molar-refractivity contribution >= 4 is 57.0 Å². The zero-order valence-electron chi connectivity index (χ0n) is 19.2. The molecule has 2 aromatic carbocycles. The van der Waals surface area contributed by atoms with E-state index in [1.54, 1.807) is 4.90 Å². The Morgan fingerprint density at radius 3 is 2.71 bits per heavy atom. The summed E-state index contributed by atoms with van der Waals surface area (Å²) in [6.07, 6.45) is 3.77. The van der Waals surface area contributed by atoms with E-state index in [-0.39, 0.29) is 5.91 Å². The molecule has 5 nitrogen and oxygen atoms in total. The summed E-state index contributed by atoms with van der Waals surface area (Å²) in [6, 6.07) is 18.7. The molecular formula is C27H27N3O2S2. The monoisotopic (exact) mass is 489 g/mol. The molecule has 7 heteroatoms. The number of aryl methyl sites for hydroxylation is 2. The van der Waals surface area contributed by atoms with Crippen molar-refractivity contribution in [3.8, 4) is 0 Å². The van der Waals surface area contributed by atoms with E-state index in [2.05, 4.69) is 42.2 Å². The van der Waals surface area contributed by atoms with Gasteiger partial charge in [0.15, 0.2) is 0 Å². The predicted molar refractivity (Wildman–Crippen MR) is 144 cm³/mol. The number of benzene rings is 2. The minimum absolute atomic E-state index is 0.0136. The number of amides is 1. The van der Waals surface area contributed by atoms with Gasteiger partial charge in [-0.25, -0.2) is 4.98 Å². The van der Waals surface area contributed by atoms with Gasteiger partial charge in [0.1, 0.15) is 10.1 Å². The second-order valence-electron chi connectivity index (χ2n) is 8.57. The van der Waals surface area contributed by atoms with Crippen molar-refractivity contribution < 1.29 is 9.53 Å². The zero-order chi connectivity index (χ0) is 23.5. The van der Waals surface area contributed by atoms with Crippen molar-refractivity contribution in [3.05, 3.63) is 76.2 Å². The van der Waals surface area contributed by atoms with Crippen LogP contribution in [0.3, 0.4) is 0 Å². The third kappa shape index (κ3) is 4.87. The Hall–Kier alpha value is -2.74. The molecule has 0 unspecified atom stereocenters. The van der Waals surface area contributed by atoms with Crippen LogP contribution >= 0.6 is 24.0 Å². The standard InChI is InChI=1S/C27H27N3O2S2/c1-19-7-5-11-21-17-22(25(28-24(19)21)29-13-15-32-16-14-29)18-23-26(31)30(27(33)34-23)12-6-10-20-8-3-2-4-9-20/h2-5,7-9,11,17-18H,6,10,12-16H2,1H3/b23-18-. The highest BCUT2D eigenvalue weighted by molar-refractivity contribution is 8.26. The number of rotatable bonds is 6. The lowest BCUT2D eigenvalue weighted by molar-refractivity contribution is -0.122. The third-order valence-corrected chi connectivity index (χ3v) is 7.59. The summed E-state index contributed by atoms with van der Waals surface area (Å²) in [6.45, 7) is 5.63. The van der Waals surface area contributed by atoms with Gasteiger partial charge in [0.25, 0.3) is 5.91 Å². The summed E-state index contributed by atoms with van der Waals surface area (Å²) in [5.41, 5.74) is 4.36. The number of carbonyl (C=O) groups excluding carboxylic acids is 1. The minimum atomic E-state index is -0.0136. The molecule has 0 saturated carbocycles. The fraction of sp³-hybridized carbons (Fsp3) is 0.296. The molecule has 0 atom stereocenters. The van der Waals surface area contributed by atoms with Crippen LogP contribution in [0.4, 0.5) is 5.82 Å². The van der Waals surface area contributed by atoms with E-state index in [9.17, 15) is 4.79 Å². The highest BCUT2D eigenvalue weighted by atomic mass is 32.2. The number of thiocarbonyl (C=S) groups is 1. The number of carbonyl (C=O) groups is 1. The van der Waals surface area contributed by atoms with Gasteiger partial charge in [-0.15, -0.1) is 0 Å². The Morgan fingerprint density at radius 1 is 1.12 bits per heavy atom. The van der Waals surface area contributed by atoms with Crippen LogP contribution in [0, 0.1) is 6.92 Å². The van der Waals surface area contributed by atoms with E-state index in [1.807, 2.05) is 30.3 Å². The molecule has 0 bridgehead atoms. The zero-order valence-corrected chi connectivity index (χ0v) is 20.8. The molecule has 2 fully saturated rings. The fourth-order valence-electron chi connectivity index (χ4n) is 4.41. The van der Waals surface area contributed by atoms with Crippen LogP contribution in [0.15, 0.2) is 59.5 Å². The number of thioether (sulfide) groups is 1. The molecule has 0 radical (unpaired) electrons. The van der Waals surface area contributed by atoms with Crippen molar-refractivity contribution in [3.63, 3.8) is 0 Å². The van der Waals surface area contributed by atoms with Crippen molar-refractivity contribution in [1.29, 1.82) is 0 Å². The average molecular weight is 490 g/mol. The van der Waals surface area contributed by atoms with Gasteiger partial charge in [-0.2, -0.15) is 0 Å². The van der Waals surface area contributed by atoms with Crippen LogP contribution in [-0.2, 0) is 16.0 Å². The van der Waals surface area contributed by atoms with Crippen LogP contribution in [-0.4, -0.2) is 53.0 Å². The SMILES string of the molecule is Cc1cccc2cc(/C=C3\SC(=S)N(CCCc4ccccc4)C3=O)c(N3CCOCC3)nc12. The lowest BCUT2D eigenvalue weighted by atomic mass is 10.1. The van der Waals surface area contributed by atoms with E-state index in [0.29, 0.717) is 29.0 Å². The Morgan fingerprint density at radius 2 is 1.91 bits per heavy atom. The van der Waals surface area contributed by atoms with Crippen LogP contribution in [0.2, 0.25) is 0 Å². The molecule has 2 aliphatic rings. The summed E-state index contributed by atoms with van der Waals surface area (Å²) in [5.74, 6) is 0.889. The number of hydrogen-bond donors (Lipinski definition) is 0. The van der Waals surface area contributed by atoms with Crippen molar-refractivity contribution in [1.82, 2.24) is 9.88 Å². The maximum Gasteiger partial charge on any atom is 0.266 e. The summed E-state index contributed by atoms with van der Waals surface area (Å²) in [5, 5.41) is 1.07. The highest BCUT2D eigenvalue weighted by Gasteiger charge is 2.32. The number of aromatic nitrogens is 1.